The summed E-state index contributed by atoms with van der Waals surface area (Å²) in [6.07, 6.45) is 8.53. The summed E-state index contributed by atoms with van der Waals surface area (Å²) in [6, 6.07) is 2.11. The van der Waals surface area contributed by atoms with Crippen LogP contribution < -0.4 is 16.3 Å². The summed E-state index contributed by atoms with van der Waals surface area (Å²) in [5.74, 6) is 0. The predicted molar refractivity (Wildman–Crippen MR) is 65.3 cm³/mol. The Morgan fingerprint density at radius 3 is 2.80 bits per heavy atom. The Balaban J connectivity index is 0.000000531. The first kappa shape index (κ1) is 11.5. The molecule has 0 radical (unpaired) electrons. The van der Waals surface area contributed by atoms with E-state index in [1.807, 2.05) is 13.0 Å². The summed E-state index contributed by atoms with van der Waals surface area (Å²) >= 11 is 0. The second kappa shape index (κ2) is 5.32. The van der Waals surface area contributed by atoms with Gasteiger partial charge in [-0.05, 0) is 43.3 Å². The smallest absolute Gasteiger partial charge is 0.0418 e. The molecule has 3 heteroatoms. The Kier molecular flexibility index (Phi) is 4.06. The number of hydrogen-bond donors (Lipinski definition) is 3. The summed E-state index contributed by atoms with van der Waals surface area (Å²) in [7, 11) is 1.50. The van der Waals surface area contributed by atoms with Gasteiger partial charge in [0.25, 0.3) is 0 Å². The minimum atomic E-state index is 0.897. The predicted octanol–water partition coefficient (Wildman–Crippen LogP) is 0.439. The number of nitrogens with one attached hydrogen (secondary N) is 2. The highest BCUT2D eigenvalue weighted by atomic mass is 14.7. The zero-order valence-electron chi connectivity index (χ0n) is 9.17. The number of allylic oxidation sites excluding steroid dienone is 2. The van der Waals surface area contributed by atoms with Crippen molar-refractivity contribution in [3.8, 4) is 0 Å². The van der Waals surface area contributed by atoms with Crippen molar-refractivity contribution in [2.75, 3.05) is 7.05 Å². The van der Waals surface area contributed by atoms with Crippen molar-refractivity contribution in [2.45, 2.75) is 13.3 Å². The maximum Gasteiger partial charge on any atom is 0.0418 e. The highest BCUT2D eigenvalue weighted by Gasteiger charge is 1.96. The van der Waals surface area contributed by atoms with Gasteiger partial charge in [-0.15, -0.1) is 0 Å². The maximum atomic E-state index is 7.19. The number of aryl methyl sites for hydroxylation is 1. The van der Waals surface area contributed by atoms with Crippen LogP contribution in [-0.4, -0.2) is 18.2 Å². The van der Waals surface area contributed by atoms with Gasteiger partial charge < -0.3 is 16.1 Å². The molecule has 0 amide bonds. The summed E-state index contributed by atoms with van der Waals surface area (Å²) < 4.78 is 0. The quantitative estimate of drug-likeness (QED) is 0.570. The Labute approximate surface area is 89.5 Å². The van der Waals surface area contributed by atoms with Gasteiger partial charge in [0, 0.05) is 17.3 Å². The third-order valence-corrected chi connectivity index (χ3v) is 2.18. The minimum Gasteiger partial charge on any atom is -0.359 e. The number of rotatable bonds is 1. The third-order valence-electron chi connectivity index (χ3n) is 2.18. The molecule has 0 spiro atoms. The van der Waals surface area contributed by atoms with Gasteiger partial charge in [0.1, 0.15) is 0 Å². The Morgan fingerprint density at radius 2 is 2.13 bits per heavy atom. The zero-order valence-corrected chi connectivity index (χ0v) is 9.17. The molecule has 0 aliphatic heterocycles. The molecule has 1 aromatic heterocycles. The molecule has 80 valence electrons. The van der Waals surface area contributed by atoms with Gasteiger partial charge in [-0.3, -0.25) is 0 Å². The van der Waals surface area contributed by atoms with Gasteiger partial charge in [0.05, 0.1) is 0 Å². The molecular formula is C12H17N3. The van der Waals surface area contributed by atoms with E-state index in [-0.39, 0.29) is 0 Å². The molecule has 3 nitrogen and oxygen atoms in total. The van der Waals surface area contributed by atoms with E-state index in [2.05, 4.69) is 28.9 Å². The second-order valence-corrected chi connectivity index (χ2v) is 3.25. The molecule has 0 aromatic carbocycles. The Morgan fingerprint density at radius 1 is 1.40 bits per heavy atom. The van der Waals surface area contributed by atoms with Gasteiger partial charge in [-0.1, -0.05) is 12.2 Å². The number of fused-ring (bicyclic) bond motifs is 1. The van der Waals surface area contributed by atoms with Gasteiger partial charge in [0.2, 0.25) is 0 Å². The molecule has 0 saturated carbocycles. The topological polar surface area (TPSA) is 65.7 Å². The van der Waals surface area contributed by atoms with E-state index in [1.54, 1.807) is 0 Å². The number of hydrogen-bond acceptors (Lipinski definition) is 2. The van der Waals surface area contributed by atoms with Crippen LogP contribution in [0.3, 0.4) is 0 Å². The summed E-state index contributed by atoms with van der Waals surface area (Å²) in [5, 5.41) is 9.55. The first-order valence-electron chi connectivity index (χ1n) is 4.95. The molecular weight excluding hydrogens is 186 g/mol. The molecule has 0 unspecified atom stereocenters. The van der Waals surface area contributed by atoms with Crippen LogP contribution >= 0.6 is 0 Å². The van der Waals surface area contributed by atoms with Crippen molar-refractivity contribution in [1.82, 2.24) is 4.98 Å². The van der Waals surface area contributed by atoms with Crippen LogP contribution in [0.4, 0.5) is 0 Å². The molecule has 2 rings (SSSR count). The van der Waals surface area contributed by atoms with Crippen LogP contribution in [0.5, 0.6) is 0 Å². The lowest BCUT2D eigenvalue weighted by Crippen LogP contribution is -2.21. The van der Waals surface area contributed by atoms with Crippen molar-refractivity contribution >= 4 is 18.4 Å². The van der Waals surface area contributed by atoms with Crippen molar-refractivity contribution in [3.05, 3.63) is 34.0 Å². The molecule has 0 atom stereocenters. The lowest BCUT2D eigenvalue weighted by atomic mass is 10.2. The highest BCUT2D eigenvalue weighted by Crippen LogP contribution is 1.98. The Bertz CT molecular complexity index is 477. The fourth-order valence-electron chi connectivity index (χ4n) is 1.57. The molecule has 0 saturated heterocycles. The van der Waals surface area contributed by atoms with Crippen molar-refractivity contribution in [2.24, 2.45) is 5.73 Å². The molecule has 0 fully saturated rings. The van der Waals surface area contributed by atoms with E-state index >= 15 is 0 Å². The SMILES string of the molecule is CN.Cc1cc2c([nH]1)=CCC=C(C=N)C=2. The molecule has 15 heavy (non-hydrogen) atoms. The standard InChI is InChI=1S/C11H12N2.CH5N/c1-8-5-10-6-9(7-12)3-2-4-11(10)13-8;1-2/h3-7,12-13H,2H2,1H3;2H2,1H3. The van der Waals surface area contributed by atoms with Crippen LogP contribution in [0, 0.1) is 12.3 Å². The lowest BCUT2D eigenvalue weighted by Gasteiger charge is -1.86. The minimum absolute atomic E-state index is 0.897. The zero-order chi connectivity index (χ0) is 11.3. The molecule has 1 aliphatic rings. The van der Waals surface area contributed by atoms with Crippen LogP contribution in [0.1, 0.15) is 12.1 Å². The third kappa shape index (κ3) is 2.67. The van der Waals surface area contributed by atoms with Crippen LogP contribution in [0.2, 0.25) is 0 Å². The van der Waals surface area contributed by atoms with E-state index in [4.69, 9.17) is 5.41 Å². The van der Waals surface area contributed by atoms with E-state index in [0.717, 1.165) is 12.0 Å². The highest BCUT2D eigenvalue weighted by molar-refractivity contribution is 5.88. The molecule has 1 heterocycles. The monoisotopic (exact) mass is 203 g/mol. The van der Waals surface area contributed by atoms with Crippen molar-refractivity contribution in [3.63, 3.8) is 0 Å². The van der Waals surface area contributed by atoms with Crippen LogP contribution in [0.15, 0.2) is 17.7 Å². The lowest BCUT2D eigenvalue weighted by molar-refractivity contribution is 1.21. The maximum absolute atomic E-state index is 7.19. The molecule has 4 N–H and O–H groups in total. The van der Waals surface area contributed by atoms with Crippen LogP contribution in [0.25, 0.3) is 12.2 Å². The van der Waals surface area contributed by atoms with E-state index < -0.39 is 0 Å². The van der Waals surface area contributed by atoms with Gasteiger partial charge in [0.15, 0.2) is 0 Å². The van der Waals surface area contributed by atoms with Gasteiger partial charge in [-0.25, -0.2) is 0 Å². The normalized spacial score (nSPS) is 13.1. The number of nitrogens with two attached hydrogens (primary N) is 1. The fraction of sp³-hybridized carbons (Fsp3) is 0.250. The molecule has 1 aromatic rings. The number of H-pyrrole nitrogens is 1. The fourth-order valence-corrected chi connectivity index (χ4v) is 1.57. The first-order valence-corrected chi connectivity index (χ1v) is 4.95. The van der Waals surface area contributed by atoms with Crippen molar-refractivity contribution in [1.29, 1.82) is 5.41 Å². The van der Waals surface area contributed by atoms with Crippen molar-refractivity contribution < 1.29 is 0 Å². The second-order valence-electron chi connectivity index (χ2n) is 3.25. The van der Waals surface area contributed by atoms with E-state index in [9.17, 15) is 0 Å². The van der Waals surface area contributed by atoms with E-state index in [0.29, 0.717) is 0 Å². The van der Waals surface area contributed by atoms with Crippen LogP contribution in [-0.2, 0) is 0 Å². The molecule has 1 aliphatic carbocycles. The first-order chi connectivity index (χ1) is 7.29. The summed E-state index contributed by atoms with van der Waals surface area (Å²) in [6.45, 7) is 2.05. The number of aromatic nitrogens is 1. The number of aromatic amines is 1. The Hall–Kier alpha value is -1.61. The summed E-state index contributed by atoms with van der Waals surface area (Å²) in [5.41, 5.74) is 6.65. The molecule has 0 bridgehead atoms. The van der Waals surface area contributed by atoms with E-state index in [1.165, 1.54) is 29.5 Å². The largest absolute Gasteiger partial charge is 0.359 e. The summed E-state index contributed by atoms with van der Waals surface area (Å²) in [4.78, 5) is 3.29. The average Bonchev–Trinajstić information content (AvgIpc) is 2.49. The van der Waals surface area contributed by atoms with Gasteiger partial charge in [-0.2, -0.15) is 0 Å². The van der Waals surface area contributed by atoms with Gasteiger partial charge >= 0.3 is 0 Å². The average molecular weight is 203 g/mol.